The first-order chi connectivity index (χ1) is 5.93. The van der Waals surface area contributed by atoms with Crippen molar-refractivity contribution in [3.63, 3.8) is 0 Å². The van der Waals surface area contributed by atoms with E-state index in [4.69, 9.17) is 4.74 Å². The Morgan fingerprint density at radius 2 is 1.85 bits per heavy atom. The number of hydrogen-bond acceptors (Lipinski definition) is 1. The quantitative estimate of drug-likeness (QED) is 0.591. The van der Waals surface area contributed by atoms with Crippen LogP contribution in [0.15, 0.2) is 12.2 Å². The Morgan fingerprint density at radius 1 is 1.31 bits per heavy atom. The van der Waals surface area contributed by atoms with Gasteiger partial charge in [0.05, 0.1) is 6.10 Å². The molecule has 0 saturated carbocycles. The Morgan fingerprint density at radius 3 is 2.15 bits per heavy atom. The van der Waals surface area contributed by atoms with Crippen LogP contribution < -0.4 is 0 Å². The first-order valence-corrected chi connectivity index (χ1v) is 5.24. The molecule has 0 amide bonds. The Bertz CT molecular complexity index is 147. The molecule has 0 aliphatic rings. The highest BCUT2D eigenvalue weighted by Gasteiger charge is 2.22. The molecule has 0 saturated heterocycles. The second-order valence-corrected chi connectivity index (χ2v) is 4.51. The van der Waals surface area contributed by atoms with Gasteiger partial charge < -0.3 is 4.74 Å². The minimum atomic E-state index is 0.162. The van der Waals surface area contributed by atoms with E-state index in [-0.39, 0.29) is 11.5 Å². The molecule has 1 atom stereocenters. The lowest BCUT2D eigenvalue weighted by atomic mass is 9.83. The maximum Gasteiger partial charge on any atom is 0.0787 e. The van der Waals surface area contributed by atoms with E-state index in [0.717, 1.165) is 19.4 Å². The molecule has 0 N–H and O–H groups in total. The lowest BCUT2D eigenvalue weighted by molar-refractivity contribution is 0.0693. The van der Waals surface area contributed by atoms with Crippen LogP contribution in [0.5, 0.6) is 0 Å². The fraction of sp³-hybridized carbons (Fsp3) is 0.833. The first kappa shape index (κ1) is 12.7. The van der Waals surface area contributed by atoms with Crippen molar-refractivity contribution in [2.45, 2.75) is 53.6 Å². The van der Waals surface area contributed by atoms with Gasteiger partial charge >= 0.3 is 0 Å². The van der Waals surface area contributed by atoms with Crippen LogP contribution in [0, 0.1) is 5.41 Å². The highest BCUT2D eigenvalue weighted by Crippen LogP contribution is 2.29. The molecule has 78 valence electrons. The summed E-state index contributed by atoms with van der Waals surface area (Å²) >= 11 is 0. The molecule has 0 fully saturated rings. The summed E-state index contributed by atoms with van der Waals surface area (Å²) < 4.78 is 5.67. The molecule has 13 heavy (non-hydrogen) atoms. The van der Waals surface area contributed by atoms with Gasteiger partial charge in [0, 0.05) is 6.61 Å². The van der Waals surface area contributed by atoms with E-state index in [1.54, 1.807) is 0 Å². The molecule has 0 rings (SSSR count). The van der Waals surface area contributed by atoms with Crippen LogP contribution in [0.3, 0.4) is 0 Å². The van der Waals surface area contributed by atoms with Crippen LogP contribution in [-0.2, 0) is 4.74 Å². The zero-order valence-electron chi connectivity index (χ0n) is 9.81. The zero-order valence-corrected chi connectivity index (χ0v) is 9.81. The van der Waals surface area contributed by atoms with E-state index < -0.39 is 0 Å². The zero-order chi connectivity index (χ0) is 10.5. The number of ether oxygens (including phenoxy) is 1. The van der Waals surface area contributed by atoms with E-state index in [9.17, 15) is 0 Å². The fourth-order valence-electron chi connectivity index (χ4n) is 1.30. The van der Waals surface area contributed by atoms with Gasteiger partial charge in [-0.2, -0.15) is 0 Å². The van der Waals surface area contributed by atoms with Crippen LogP contribution in [0.4, 0.5) is 0 Å². The van der Waals surface area contributed by atoms with E-state index in [1.165, 1.54) is 5.57 Å². The minimum Gasteiger partial charge on any atom is -0.374 e. The predicted molar refractivity (Wildman–Crippen MR) is 58.9 cm³/mol. The van der Waals surface area contributed by atoms with Gasteiger partial charge in [0.15, 0.2) is 0 Å². The summed E-state index contributed by atoms with van der Waals surface area (Å²) in [4.78, 5) is 0. The van der Waals surface area contributed by atoms with Crippen molar-refractivity contribution in [3.05, 3.63) is 12.2 Å². The fourth-order valence-corrected chi connectivity index (χ4v) is 1.30. The van der Waals surface area contributed by atoms with Crippen molar-refractivity contribution in [1.82, 2.24) is 0 Å². The van der Waals surface area contributed by atoms with Gasteiger partial charge in [0.2, 0.25) is 0 Å². The van der Waals surface area contributed by atoms with Crippen molar-refractivity contribution in [3.8, 4) is 0 Å². The summed E-state index contributed by atoms with van der Waals surface area (Å²) in [5.41, 5.74) is 1.38. The summed E-state index contributed by atoms with van der Waals surface area (Å²) in [5, 5.41) is 0. The highest BCUT2D eigenvalue weighted by atomic mass is 16.5. The van der Waals surface area contributed by atoms with Gasteiger partial charge in [0.1, 0.15) is 0 Å². The molecular weight excluding hydrogens is 160 g/mol. The third-order valence-electron chi connectivity index (χ3n) is 2.27. The molecule has 1 heteroatoms. The van der Waals surface area contributed by atoms with Gasteiger partial charge in [-0.15, -0.1) is 0 Å². The Kier molecular flexibility index (Phi) is 5.31. The lowest BCUT2D eigenvalue weighted by Crippen LogP contribution is -2.24. The molecule has 1 unspecified atom stereocenters. The number of hydrogen-bond donors (Lipinski definition) is 0. The standard InChI is InChI=1S/C12H24O/c1-7-9-11(13-8-2)10(3)12(4,5)6/h11H,3,7-9H2,1-2,4-6H3. The molecule has 0 aliphatic carbocycles. The summed E-state index contributed by atoms with van der Waals surface area (Å²) in [6.07, 6.45) is 2.49. The van der Waals surface area contributed by atoms with Gasteiger partial charge in [-0.1, -0.05) is 40.7 Å². The molecule has 0 aromatic heterocycles. The summed E-state index contributed by atoms with van der Waals surface area (Å²) in [6.45, 7) is 15.7. The second kappa shape index (κ2) is 5.43. The molecule has 1 nitrogen and oxygen atoms in total. The van der Waals surface area contributed by atoms with Gasteiger partial charge in [-0.25, -0.2) is 0 Å². The third-order valence-corrected chi connectivity index (χ3v) is 2.27. The minimum absolute atomic E-state index is 0.162. The van der Waals surface area contributed by atoms with Crippen molar-refractivity contribution >= 4 is 0 Å². The molecule has 0 spiro atoms. The van der Waals surface area contributed by atoms with Gasteiger partial charge in [0.25, 0.3) is 0 Å². The number of rotatable bonds is 5. The highest BCUT2D eigenvalue weighted by molar-refractivity contribution is 5.11. The van der Waals surface area contributed by atoms with Crippen molar-refractivity contribution in [2.24, 2.45) is 5.41 Å². The van der Waals surface area contributed by atoms with E-state index in [2.05, 4.69) is 34.3 Å². The normalized spacial score (nSPS) is 14.2. The van der Waals surface area contributed by atoms with Crippen LogP contribution in [0.1, 0.15) is 47.5 Å². The van der Waals surface area contributed by atoms with E-state index in [0.29, 0.717) is 0 Å². The largest absolute Gasteiger partial charge is 0.374 e. The molecule has 0 aromatic rings. The van der Waals surface area contributed by atoms with Gasteiger partial charge in [-0.3, -0.25) is 0 Å². The Balaban J connectivity index is 4.27. The topological polar surface area (TPSA) is 9.23 Å². The predicted octanol–water partition coefficient (Wildman–Crippen LogP) is 3.79. The third kappa shape index (κ3) is 4.47. The average molecular weight is 184 g/mol. The van der Waals surface area contributed by atoms with Crippen LogP contribution in [0.2, 0.25) is 0 Å². The maximum absolute atomic E-state index is 5.67. The van der Waals surface area contributed by atoms with Crippen molar-refractivity contribution in [2.75, 3.05) is 6.61 Å². The van der Waals surface area contributed by atoms with Crippen LogP contribution >= 0.6 is 0 Å². The first-order valence-electron chi connectivity index (χ1n) is 5.24. The van der Waals surface area contributed by atoms with Crippen molar-refractivity contribution < 1.29 is 4.74 Å². The Labute approximate surface area is 83.2 Å². The summed E-state index contributed by atoms with van der Waals surface area (Å²) in [5.74, 6) is 0. The molecule has 0 aliphatic heterocycles. The summed E-state index contributed by atoms with van der Waals surface area (Å²) in [7, 11) is 0. The van der Waals surface area contributed by atoms with Crippen molar-refractivity contribution in [1.29, 1.82) is 0 Å². The van der Waals surface area contributed by atoms with Crippen LogP contribution in [0.25, 0.3) is 0 Å². The smallest absolute Gasteiger partial charge is 0.0787 e. The van der Waals surface area contributed by atoms with Gasteiger partial charge in [-0.05, 0) is 24.3 Å². The molecule has 0 bridgehead atoms. The Hall–Kier alpha value is -0.300. The van der Waals surface area contributed by atoms with E-state index in [1.807, 2.05) is 6.92 Å². The second-order valence-electron chi connectivity index (χ2n) is 4.51. The lowest BCUT2D eigenvalue weighted by Gasteiger charge is -2.29. The molecule has 0 heterocycles. The maximum atomic E-state index is 5.67. The molecule has 0 aromatic carbocycles. The SMILES string of the molecule is C=C(C(CCC)OCC)C(C)(C)C. The monoisotopic (exact) mass is 184 g/mol. The molecule has 0 radical (unpaired) electrons. The van der Waals surface area contributed by atoms with Crippen LogP contribution in [-0.4, -0.2) is 12.7 Å². The summed E-state index contributed by atoms with van der Waals surface area (Å²) in [6, 6.07) is 0. The molecular formula is C12H24O. The van der Waals surface area contributed by atoms with E-state index >= 15 is 0 Å². The average Bonchev–Trinajstić information content (AvgIpc) is 2.01.